The molecule has 1 N–H and O–H groups in total. The molecule has 0 aliphatic carbocycles. The molecule has 0 spiro atoms. The highest BCUT2D eigenvalue weighted by molar-refractivity contribution is 7.12. The summed E-state index contributed by atoms with van der Waals surface area (Å²) < 4.78 is 0. The summed E-state index contributed by atoms with van der Waals surface area (Å²) in [5, 5.41) is 7.84. The van der Waals surface area contributed by atoms with E-state index in [2.05, 4.69) is 34.4 Å². The molecule has 1 amide bonds. The van der Waals surface area contributed by atoms with E-state index in [9.17, 15) is 4.79 Å². The van der Waals surface area contributed by atoms with Gasteiger partial charge in [-0.1, -0.05) is 19.9 Å². The zero-order valence-electron chi connectivity index (χ0n) is 11.8. The molecule has 2 aromatic rings. The Balaban J connectivity index is 1.85. The Morgan fingerprint density at radius 3 is 2.80 bits per heavy atom. The fourth-order valence-electron chi connectivity index (χ4n) is 1.83. The van der Waals surface area contributed by atoms with E-state index < -0.39 is 0 Å². The number of carbonyl (C=O) groups is 1. The first-order valence-electron chi connectivity index (χ1n) is 6.70. The molecule has 0 aliphatic rings. The zero-order valence-corrected chi connectivity index (χ0v) is 13.4. The third kappa shape index (κ3) is 4.13. The summed E-state index contributed by atoms with van der Waals surface area (Å²) >= 11 is 3.05. The number of thiophene rings is 1. The molecule has 2 aromatic heterocycles. The number of rotatable bonds is 7. The van der Waals surface area contributed by atoms with Crippen molar-refractivity contribution >= 4 is 28.6 Å². The summed E-state index contributed by atoms with van der Waals surface area (Å²) in [5.74, 6) is -0.0273. The molecule has 0 saturated heterocycles. The fraction of sp³-hybridized carbons (Fsp3) is 0.429. The molecule has 0 aliphatic heterocycles. The van der Waals surface area contributed by atoms with Crippen molar-refractivity contribution in [3.05, 3.63) is 38.5 Å². The zero-order chi connectivity index (χ0) is 14.4. The Morgan fingerprint density at radius 1 is 1.35 bits per heavy atom. The van der Waals surface area contributed by atoms with Gasteiger partial charge in [-0.2, -0.15) is 0 Å². The monoisotopic (exact) mass is 309 g/mol. The van der Waals surface area contributed by atoms with Crippen LogP contribution in [0.2, 0.25) is 0 Å². The highest BCUT2D eigenvalue weighted by Crippen LogP contribution is 2.13. The van der Waals surface area contributed by atoms with Gasteiger partial charge in [0, 0.05) is 11.9 Å². The van der Waals surface area contributed by atoms with Gasteiger partial charge < -0.3 is 5.32 Å². The summed E-state index contributed by atoms with van der Waals surface area (Å²) in [5.41, 5.74) is 1.08. The number of amides is 1. The molecule has 0 atom stereocenters. The second-order valence-electron chi connectivity index (χ2n) is 4.35. The van der Waals surface area contributed by atoms with Gasteiger partial charge in [0.15, 0.2) is 0 Å². The summed E-state index contributed by atoms with van der Waals surface area (Å²) in [6.07, 6.45) is 0. The van der Waals surface area contributed by atoms with Crippen LogP contribution in [0.15, 0.2) is 22.9 Å². The SMILES string of the molecule is CCN(CC)Cc1csc(CNC(=O)c2cccs2)n1. The molecule has 0 bridgehead atoms. The number of aromatic nitrogens is 1. The highest BCUT2D eigenvalue weighted by Gasteiger charge is 2.09. The predicted octanol–water partition coefficient (Wildman–Crippen LogP) is 2.98. The predicted molar refractivity (Wildman–Crippen MR) is 84.2 cm³/mol. The number of nitrogens with one attached hydrogen (secondary N) is 1. The molecule has 0 unspecified atom stereocenters. The van der Waals surface area contributed by atoms with Crippen LogP contribution < -0.4 is 5.32 Å². The second kappa shape index (κ2) is 7.52. The van der Waals surface area contributed by atoms with Crippen LogP contribution in [0.4, 0.5) is 0 Å². The molecule has 2 heterocycles. The van der Waals surface area contributed by atoms with Gasteiger partial charge in [-0.15, -0.1) is 22.7 Å². The first-order valence-corrected chi connectivity index (χ1v) is 8.46. The molecular weight excluding hydrogens is 290 g/mol. The van der Waals surface area contributed by atoms with Gasteiger partial charge in [0.25, 0.3) is 5.91 Å². The van der Waals surface area contributed by atoms with Gasteiger partial charge in [0.05, 0.1) is 17.1 Å². The van der Waals surface area contributed by atoms with Crippen molar-refractivity contribution in [2.45, 2.75) is 26.9 Å². The lowest BCUT2D eigenvalue weighted by molar-refractivity contribution is 0.0955. The maximum atomic E-state index is 11.8. The van der Waals surface area contributed by atoms with Crippen LogP contribution in [0, 0.1) is 0 Å². The van der Waals surface area contributed by atoms with Gasteiger partial charge in [0.1, 0.15) is 5.01 Å². The van der Waals surface area contributed by atoms with Crippen LogP contribution in [0.1, 0.15) is 34.2 Å². The van der Waals surface area contributed by atoms with Crippen LogP contribution >= 0.6 is 22.7 Å². The van der Waals surface area contributed by atoms with Crippen molar-refractivity contribution in [2.75, 3.05) is 13.1 Å². The van der Waals surface area contributed by atoms with E-state index in [0.717, 1.165) is 35.2 Å². The quantitative estimate of drug-likeness (QED) is 0.855. The van der Waals surface area contributed by atoms with Gasteiger partial charge in [-0.05, 0) is 24.5 Å². The maximum Gasteiger partial charge on any atom is 0.261 e. The van der Waals surface area contributed by atoms with Crippen molar-refractivity contribution in [1.29, 1.82) is 0 Å². The standard InChI is InChI=1S/C14H19N3OS2/c1-3-17(4-2)9-11-10-20-13(16-11)8-15-14(18)12-6-5-7-19-12/h5-7,10H,3-4,8-9H2,1-2H3,(H,15,18). The Morgan fingerprint density at radius 2 is 2.15 bits per heavy atom. The van der Waals surface area contributed by atoms with E-state index in [-0.39, 0.29) is 5.91 Å². The molecule has 0 radical (unpaired) electrons. The van der Waals surface area contributed by atoms with Crippen molar-refractivity contribution in [2.24, 2.45) is 0 Å². The summed E-state index contributed by atoms with van der Waals surface area (Å²) in [6.45, 7) is 7.73. The highest BCUT2D eigenvalue weighted by atomic mass is 32.1. The van der Waals surface area contributed by atoms with Crippen LogP contribution in [0.25, 0.3) is 0 Å². The molecular formula is C14H19N3OS2. The molecule has 4 nitrogen and oxygen atoms in total. The Hall–Kier alpha value is -1.24. The van der Waals surface area contributed by atoms with Crippen LogP contribution in [-0.4, -0.2) is 28.9 Å². The largest absolute Gasteiger partial charge is 0.345 e. The van der Waals surface area contributed by atoms with E-state index in [1.165, 1.54) is 11.3 Å². The van der Waals surface area contributed by atoms with Gasteiger partial charge in [0.2, 0.25) is 0 Å². The van der Waals surface area contributed by atoms with Crippen molar-refractivity contribution in [3.8, 4) is 0 Å². The topological polar surface area (TPSA) is 45.2 Å². The lowest BCUT2D eigenvalue weighted by atomic mass is 10.4. The molecule has 20 heavy (non-hydrogen) atoms. The molecule has 0 fully saturated rings. The minimum Gasteiger partial charge on any atom is -0.345 e. The van der Waals surface area contributed by atoms with E-state index in [0.29, 0.717) is 6.54 Å². The Kier molecular flexibility index (Phi) is 5.70. The lowest BCUT2D eigenvalue weighted by Gasteiger charge is -2.15. The third-order valence-electron chi connectivity index (χ3n) is 3.02. The number of carbonyl (C=O) groups excluding carboxylic acids is 1. The summed E-state index contributed by atoms with van der Waals surface area (Å²) in [4.78, 5) is 19.5. The molecule has 0 saturated carbocycles. The number of thiazole rings is 1. The van der Waals surface area contributed by atoms with Crippen molar-refractivity contribution < 1.29 is 4.79 Å². The normalized spacial score (nSPS) is 10.9. The van der Waals surface area contributed by atoms with Gasteiger partial charge in [-0.25, -0.2) is 4.98 Å². The first kappa shape index (κ1) is 15.2. The van der Waals surface area contributed by atoms with Crippen molar-refractivity contribution in [1.82, 2.24) is 15.2 Å². The van der Waals surface area contributed by atoms with Crippen LogP contribution in [0.5, 0.6) is 0 Å². The molecule has 108 valence electrons. The number of hydrogen-bond acceptors (Lipinski definition) is 5. The fourth-order valence-corrected chi connectivity index (χ4v) is 3.19. The maximum absolute atomic E-state index is 11.8. The smallest absolute Gasteiger partial charge is 0.261 e. The van der Waals surface area contributed by atoms with Crippen LogP contribution in [0.3, 0.4) is 0 Å². The second-order valence-corrected chi connectivity index (χ2v) is 6.24. The first-order chi connectivity index (χ1) is 9.72. The van der Waals surface area contributed by atoms with E-state index in [1.807, 2.05) is 17.5 Å². The summed E-state index contributed by atoms with van der Waals surface area (Å²) in [7, 11) is 0. The minimum absolute atomic E-state index is 0.0273. The number of nitrogens with zero attached hydrogens (tertiary/aromatic N) is 2. The van der Waals surface area contributed by atoms with Gasteiger partial charge in [-0.3, -0.25) is 9.69 Å². The minimum atomic E-state index is -0.0273. The van der Waals surface area contributed by atoms with Crippen LogP contribution in [-0.2, 0) is 13.1 Å². The van der Waals surface area contributed by atoms with E-state index in [4.69, 9.17) is 0 Å². The average molecular weight is 309 g/mol. The Labute approximate surface area is 127 Å². The third-order valence-corrected chi connectivity index (χ3v) is 4.79. The van der Waals surface area contributed by atoms with Crippen molar-refractivity contribution in [3.63, 3.8) is 0 Å². The average Bonchev–Trinajstić information content (AvgIpc) is 3.13. The van der Waals surface area contributed by atoms with E-state index >= 15 is 0 Å². The van der Waals surface area contributed by atoms with E-state index in [1.54, 1.807) is 11.3 Å². The molecule has 0 aromatic carbocycles. The molecule has 2 rings (SSSR count). The van der Waals surface area contributed by atoms with Gasteiger partial charge >= 0.3 is 0 Å². The number of hydrogen-bond donors (Lipinski definition) is 1. The Bertz CT molecular complexity index is 532. The lowest BCUT2D eigenvalue weighted by Crippen LogP contribution is -2.23. The molecule has 6 heteroatoms. The summed E-state index contributed by atoms with van der Waals surface area (Å²) in [6, 6.07) is 3.71.